The summed E-state index contributed by atoms with van der Waals surface area (Å²) >= 11 is 5.86. The van der Waals surface area contributed by atoms with Crippen LogP contribution in [0, 0.1) is 11.3 Å². The number of nitrogens with zero attached hydrogens (tertiary/aromatic N) is 1. The summed E-state index contributed by atoms with van der Waals surface area (Å²) in [6, 6.07) is 11.4. The second kappa shape index (κ2) is 6.16. The first-order valence-corrected chi connectivity index (χ1v) is 6.37. The number of nitrogens with two attached hydrogens (primary N) is 1. The van der Waals surface area contributed by atoms with E-state index in [-0.39, 0.29) is 5.56 Å². The van der Waals surface area contributed by atoms with Gasteiger partial charge in [0.1, 0.15) is 11.8 Å². The van der Waals surface area contributed by atoms with Gasteiger partial charge in [-0.05, 0) is 36.4 Å². The smallest absolute Gasteiger partial charge is 0.259 e. The number of methoxy groups -OCH3 is 1. The first kappa shape index (κ1) is 14.7. The van der Waals surface area contributed by atoms with Gasteiger partial charge in [-0.1, -0.05) is 11.6 Å². The summed E-state index contributed by atoms with van der Waals surface area (Å²) in [4.78, 5) is 12.3. The van der Waals surface area contributed by atoms with Gasteiger partial charge in [0.2, 0.25) is 0 Å². The number of hydrogen-bond acceptors (Lipinski definition) is 4. The summed E-state index contributed by atoms with van der Waals surface area (Å²) in [5.74, 6) is -0.0428. The van der Waals surface area contributed by atoms with E-state index in [9.17, 15) is 4.79 Å². The van der Waals surface area contributed by atoms with Crippen LogP contribution in [0.25, 0.3) is 0 Å². The molecule has 2 rings (SSSR count). The minimum Gasteiger partial charge on any atom is -0.496 e. The molecule has 0 aliphatic heterocycles. The van der Waals surface area contributed by atoms with Crippen molar-refractivity contribution in [3.05, 3.63) is 52.5 Å². The van der Waals surface area contributed by atoms with Gasteiger partial charge in [-0.15, -0.1) is 0 Å². The fraction of sp³-hybridized carbons (Fsp3) is 0.0667. The quantitative estimate of drug-likeness (QED) is 0.853. The third-order valence-corrected chi connectivity index (χ3v) is 3.06. The molecule has 3 N–H and O–H groups in total. The van der Waals surface area contributed by atoms with Gasteiger partial charge >= 0.3 is 0 Å². The molecule has 0 fully saturated rings. The molecule has 0 unspecified atom stereocenters. The van der Waals surface area contributed by atoms with Gasteiger partial charge in [0, 0.05) is 10.7 Å². The largest absolute Gasteiger partial charge is 0.496 e. The second-order valence-electron chi connectivity index (χ2n) is 4.22. The molecule has 0 saturated heterocycles. The van der Waals surface area contributed by atoms with Crippen LogP contribution in [0.5, 0.6) is 5.75 Å². The highest BCUT2D eigenvalue weighted by atomic mass is 35.5. The molecule has 0 radical (unpaired) electrons. The van der Waals surface area contributed by atoms with Crippen LogP contribution in [0.1, 0.15) is 15.9 Å². The molecule has 2 aromatic rings. The molecule has 6 heteroatoms. The monoisotopic (exact) mass is 301 g/mol. The zero-order valence-corrected chi connectivity index (χ0v) is 11.9. The van der Waals surface area contributed by atoms with Crippen molar-refractivity contribution in [3.63, 3.8) is 0 Å². The van der Waals surface area contributed by atoms with Crippen LogP contribution in [0.15, 0.2) is 36.4 Å². The van der Waals surface area contributed by atoms with Gasteiger partial charge in [-0.2, -0.15) is 5.26 Å². The Morgan fingerprint density at radius 2 is 2.10 bits per heavy atom. The van der Waals surface area contributed by atoms with E-state index in [2.05, 4.69) is 5.32 Å². The SMILES string of the molecule is COc1cc(Cl)ccc1C(=O)Nc1ccc(N)cc1C#N. The Kier molecular flexibility index (Phi) is 4.31. The average molecular weight is 302 g/mol. The van der Waals surface area contributed by atoms with Crippen molar-refractivity contribution in [1.29, 1.82) is 5.26 Å². The van der Waals surface area contributed by atoms with Crippen molar-refractivity contribution in [3.8, 4) is 11.8 Å². The Morgan fingerprint density at radius 3 is 2.76 bits per heavy atom. The lowest BCUT2D eigenvalue weighted by molar-refractivity contribution is 0.102. The number of rotatable bonds is 3. The van der Waals surface area contributed by atoms with Crippen molar-refractivity contribution in [2.75, 3.05) is 18.2 Å². The van der Waals surface area contributed by atoms with Crippen LogP contribution in [0.3, 0.4) is 0 Å². The Morgan fingerprint density at radius 1 is 1.33 bits per heavy atom. The summed E-state index contributed by atoms with van der Waals surface area (Å²) in [5.41, 5.74) is 7.05. The van der Waals surface area contributed by atoms with Gasteiger partial charge in [0.25, 0.3) is 5.91 Å². The van der Waals surface area contributed by atoms with Crippen molar-refractivity contribution in [2.24, 2.45) is 0 Å². The van der Waals surface area contributed by atoms with Crippen molar-refractivity contribution in [2.45, 2.75) is 0 Å². The summed E-state index contributed by atoms with van der Waals surface area (Å²) < 4.78 is 5.13. The molecule has 5 nitrogen and oxygen atoms in total. The number of benzene rings is 2. The van der Waals surface area contributed by atoms with Gasteiger partial charge in [-0.25, -0.2) is 0 Å². The molecule has 0 spiro atoms. The third kappa shape index (κ3) is 3.25. The highest BCUT2D eigenvalue weighted by Crippen LogP contribution is 2.25. The standard InChI is InChI=1S/C15H12ClN3O2/c1-21-14-7-10(16)2-4-12(14)15(20)19-13-5-3-11(18)6-9(13)8-17/h2-7H,18H2,1H3,(H,19,20). The Labute approximate surface area is 126 Å². The van der Waals surface area contributed by atoms with Gasteiger partial charge in [-0.3, -0.25) is 4.79 Å². The molecule has 1 amide bonds. The number of nitrogens with one attached hydrogen (secondary N) is 1. The molecular formula is C15H12ClN3O2. The number of anilines is 2. The van der Waals surface area contributed by atoms with Crippen molar-refractivity contribution >= 4 is 28.9 Å². The maximum absolute atomic E-state index is 12.3. The number of carbonyl (C=O) groups excluding carboxylic acids is 1. The van der Waals surface area contributed by atoms with E-state index in [0.29, 0.717) is 27.7 Å². The summed E-state index contributed by atoms with van der Waals surface area (Å²) in [5, 5.41) is 12.2. The number of carbonyl (C=O) groups is 1. The number of hydrogen-bond donors (Lipinski definition) is 2. The Balaban J connectivity index is 2.33. The number of amides is 1. The fourth-order valence-corrected chi connectivity index (χ4v) is 1.97. The van der Waals surface area contributed by atoms with E-state index >= 15 is 0 Å². The minimum absolute atomic E-state index is 0.288. The van der Waals surface area contributed by atoms with E-state index in [1.807, 2.05) is 6.07 Å². The van der Waals surface area contributed by atoms with Gasteiger partial charge in [0.15, 0.2) is 0 Å². The van der Waals surface area contributed by atoms with Crippen molar-refractivity contribution < 1.29 is 9.53 Å². The van der Waals surface area contributed by atoms with Crippen LogP contribution in [-0.4, -0.2) is 13.0 Å². The molecule has 21 heavy (non-hydrogen) atoms. The highest BCUT2D eigenvalue weighted by Gasteiger charge is 2.14. The molecule has 2 aromatic carbocycles. The predicted octanol–water partition coefficient (Wildman–Crippen LogP) is 3.05. The maximum atomic E-state index is 12.3. The molecule has 0 aliphatic carbocycles. The number of nitriles is 1. The zero-order chi connectivity index (χ0) is 15.4. The predicted molar refractivity (Wildman–Crippen MR) is 81.5 cm³/mol. The first-order chi connectivity index (χ1) is 10.0. The Hall–Kier alpha value is -2.71. The normalized spacial score (nSPS) is 9.76. The first-order valence-electron chi connectivity index (χ1n) is 5.99. The lowest BCUT2D eigenvalue weighted by Gasteiger charge is -2.11. The molecule has 0 heterocycles. The van der Waals surface area contributed by atoms with Crippen LogP contribution in [-0.2, 0) is 0 Å². The molecule has 0 aromatic heterocycles. The van der Waals surface area contributed by atoms with E-state index in [0.717, 1.165) is 0 Å². The van der Waals surface area contributed by atoms with Crippen LogP contribution in [0.4, 0.5) is 11.4 Å². The summed E-state index contributed by atoms with van der Waals surface area (Å²) in [7, 11) is 1.45. The Bertz CT molecular complexity index is 738. The van der Waals surface area contributed by atoms with Crippen LogP contribution in [0.2, 0.25) is 5.02 Å². The minimum atomic E-state index is -0.398. The number of ether oxygens (including phenoxy) is 1. The molecule has 0 atom stereocenters. The van der Waals surface area contributed by atoms with Crippen molar-refractivity contribution in [1.82, 2.24) is 0 Å². The highest BCUT2D eigenvalue weighted by molar-refractivity contribution is 6.31. The lowest BCUT2D eigenvalue weighted by atomic mass is 10.1. The molecule has 106 valence electrons. The average Bonchev–Trinajstić information content (AvgIpc) is 2.48. The summed E-state index contributed by atoms with van der Waals surface area (Å²) in [6.45, 7) is 0. The van der Waals surface area contributed by atoms with E-state index < -0.39 is 5.91 Å². The third-order valence-electron chi connectivity index (χ3n) is 2.82. The molecule has 0 bridgehead atoms. The molecule has 0 saturated carbocycles. The van der Waals surface area contributed by atoms with E-state index in [1.165, 1.54) is 13.2 Å². The molecular weight excluding hydrogens is 290 g/mol. The zero-order valence-electron chi connectivity index (χ0n) is 11.2. The second-order valence-corrected chi connectivity index (χ2v) is 4.65. The topological polar surface area (TPSA) is 88.1 Å². The molecule has 0 aliphatic rings. The van der Waals surface area contributed by atoms with Gasteiger partial charge < -0.3 is 15.8 Å². The van der Waals surface area contributed by atoms with Gasteiger partial charge in [0.05, 0.1) is 23.9 Å². The maximum Gasteiger partial charge on any atom is 0.259 e. The van der Waals surface area contributed by atoms with E-state index in [1.54, 1.807) is 30.3 Å². The van der Waals surface area contributed by atoms with E-state index in [4.69, 9.17) is 27.3 Å². The number of nitrogen functional groups attached to an aromatic ring is 1. The van der Waals surface area contributed by atoms with Crippen LogP contribution >= 0.6 is 11.6 Å². The van der Waals surface area contributed by atoms with Crippen LogP contribution < -0.4 is 15.8 Å². The lowest BCUT2D eigenvalue weighted by Crippen LogP contribution is -2.14. The fourth-order valence-electron chi connectivity index (χ4n) is 1.81. The number of halogens is 1. The summed E-state index contributed by atoms with van der Waals surface area (Å²) in [6.07, 6.45) is 0.